The van der Waals surface area contributed by atoms with E-state index in [0.717, 1.165) is 44.4 Å². The Hall–Kier alpha value is -0.530. The molecule has 0 aromatic carbocycles. The Labute approximate surface area is 125 Å². The SMILES string of the molecule is CCCCCCCCC1(C(=O)O)CCC(C(C)C)CC1. The molecule has 0 amide bonds. The van der Waals surface area contributed by atoms with Crippen molar-refractivity contribution in [2.45, 2.75) is 91.4 Å². The normalized spacial score (nSPS) is 26.9. The van der Waals surface area contributed by atoms with Crippen molar-refractivity contribution in [3.05, 3.63) is 0 Å². The van der Waals surface area contributed by atoms with Gasteiger partial charge >= 0.3 is 5.97 Å². The molecule has 0 atom stereocenters. The number of carbonyl (C=O) groups is 1. The number of hydrogen-bond acceptors (Lipinski definition) is 1. The molecule has 118 valence electrons. The zero-order valence-corrected chi connectivity index (χ0v) is 13.8. The Balaban J connectivity index is 2.35. The molecule has 1 aliphatic rings. The van der Waals surface area contributed by atoms with Gasteiger partial charge in [-0.25, -0.2) is 0 Å². The molecule has 0 radical (unpaired) electrons. The van der Waals surface area contributed by atoms with Crippen LogP contribution in [0, 0.1) is 17.3 Å². The number of unbranched alkanes of at least 4 members (excludes halogenated alkanes) is 5. The number of hydrogen-bond donors (Lipinski definition) is 1. The average molecular weight is 282 g/mol. The van der Waals surface area contributed by atoms with Crippen LogP contribution in [0.25, 0.3) is 0 Å². The summed E-state index contributed by atoms with van der Waals surface area (Å²) in [4.78, 5) is 11.7. The Morgan fingerprint density at radius 1 is 1.10 bits per heavy atom. The van der Waals surface area contributed by atoms with Crippen LogP contribution in [0.1, 0.15) is 91.4 Å². The first-order valence-corrected chi connectivity index (χ1v) is 8.75. The molecular formula is C18H34O2. The summed E-state index contributed by atoms with van der Waals surface area (Å²) in [5.74, 6) is 0.913. The van der Waals surface area contributed by atoms with E-state index in [1.165, 1.54) is 32.1 Å². The van der Waals surface area contributed by atoms with Crippen molar-refractivity contribution < 1.29 is 9.90 Å². The van der Waals surface area contributed by atoms with Crippen molar-refractivity contribution in [1.29, 1.82) is 0 Å². The lowest BCUT2D eigenvalue weighted by molar-refractivity contribution is -0.152. The first-order valence-electron chi connectivity index (χ1n) is 8.75. The lowest BCUT2D eigenvalue weighted by atomic mass is 9.66. The summed E-state index contributed by atoms with van der Waals surface area (Å²) < 4.78 is 0. The largest absolute Gasteiger partial charge is 0.481 e. The molecule has 1 rings (SSSR count). The summed E-state index contributed by atoms with van der Waals surface area (Å²) in [6.45, 7) is 6.77. The number of carboxylic acids is 1. The summed E-state index contributed by atoms with van der Waals surface area (Å²) >= 11 is 0. The van der Waals surface area contributed by atoms with Gasteiger partial charge < -0.3 is 5.11 Å². The van der Waals surface area contributed by atoms with Crippen molar-refractivity contribution >= 4 is 5.97 Å². The molecule has 1 saturated carbocycles. The Kier molecular flexibility index (Phi) is 7.61. The van der Waals surface area contributed by atoms with Crippen LogP contribution < -0.4 is 0 Å². The molecule has 1 N–H and O–H groups in total. The second-order valence-corrected chi connectivity index (χ2v) is 7.18. The third-order valence-electron chi connectivity index (χ3n) is 5.39. The minimum absolute atomic E-state index is 0.393. The van der Waals surface area contributed by atoms with Gasteiger partial charge in [0.05, 0.1) is 5.41 Å². The van der Waals surface area contributed by atoms with Crippen LogP contribution in [0.2, 0.25) is 0 Å². The molecule has 0 aromatic heterocycles. The van der Waals surface area contributed by atoms with E-state index >= 15 is 0 Å². The predicted octanol–water partition coefficient (Wildman–Crippen LogP) is 5.65. The third-order valence-corrected chi connectivity index (χ3v) is 5.39. The molecule has 0 aliphatic heterocycles. The maximum Gasteiger partial charge on any atom is 0.309 e. The van der Waals surface area contributed by atoms with E-state index in [-0.39, 0.29) is 0 Å². The zero-order chi connectivity index (χ0) is 15.0. The van der Waals surface area contributed by atoms with E-state index in [2.05, 4.69) is 20.8 Å². The lowest BCUT2D eigenvalue weighted by Crippen LogP contribution is -2.36. The highest BCUT2D eigenvalue weighted by Crippen LogP contribution is 2.45. The molecule has 0 aromatic rings. The van der Waals surface area contributed by atoms with Gasteiger partial charge in [-0.05, 0) is 43.9 Å². The van der Waals surface area contributed by atoms with E-state index in [0.29, 0.717) is 5.92 Å². The summed E-state index contributed by atoms with van der Waals surface area (Å²) in [7, 11) is 0. The van der Waals surface area contributed by atoms with Crippen molar-refractivity contribution in [1.82, 2.24) is 0 Å². The maximum atomic E-state index is 11.7. The third kappa shape index (κ3) is 5.10. The van der Waals surface area contributed by atoms with Crippen LogP contribution in [-0.2, 0) is 4.79 Å². The van der Waals surface area contributed by atoms with Gasteiger partial charge in [0, 0.05) is 0 Å². The number of carboxylic acid groups (broad SMARTS) is 1. The van der Waals surface area contributed by atoms with Gasteiger partial charge in [-0.2, -0.15) is 0 Å². The van der Waals surface area contributed by atoms with Crippen molar-refractivity contribution in [3.63, 3.8) is 0 Å². The number of rotatable bonds is 9. The first-order chi connectivity index (χ1) is 9.52. The lowest BCUT2D eigenvalue weighted by Gasteiger charge is -2.38. The minimum Gasteiger partial charge on any atom is -0.481 e. The van der Waals surface area contributed by atoms with Crippen LogP contribution in [0.4, 0.5) is 0 Å². The quantitative estimate of drug-likeness (QED) is 0.554. The van der Waals surface area contributed by atoms with Crippen LogP contribution in [0.15, 0.2) is 0 Å². The smallest absolute Gasteiger partial charge is 0.309 e. The van der Waals surface area contributed by atoms with Crippen molar-refractivity contribution in [3.8, 4) is 0 Å². The maximum absolute atomic E-state index is 11.7. The fourth-order valence-corrected chi connectivity index (χ4v) is 3.67. The summed E-state index contributed by atoms with van der Waals surface area (Å²) in [5, 5.41) is 9.65. The van der Waals surface area contributed by atoms with Gasteiger partial charge in [0.15, 0.2) is 0 Å². The van der Waals surface area contributed by atoms with E-state index < -0.39 is 11.4 Å². The first kappa shape index (κ1) is 17.5. The van der Waals surface area contributed by atoms with E-state index in [9.17, 15) is 9.90 Å². The molecule has 0 spiro atoms. The molecule has 1 aliphatic carbocycles. The van der Waals surface area contributed by atoms with Crippen LogP contribution in [0.3, 0.4) is 0 Å². The molecular weight excluding hydrogens is 248 g/mol. The standard InChI is InChI=1S/C18H34O2/c1-4-5-6-7-8-9-12-18(17(19)20)13-10-16(11-14-18)15(2)3/h15-16H,4-14H2,1-3H3,(H,19,20). The van der Waals surface area contributed by atoms with Crippen LogP contribution >= 0.6 is 0 Å². The van der Waals surface area contributed by atoms with Gasteiger partial charge in [-0.15, -0.1) is 0 Å². The van der Waals surface area contributed by atoms with Gasteiger partial charge in [0.1, 0.15) is 0 Å². The molecule has 0 heterocycles. The molecule has 0 saturated heterocycles. The Morgan fingerprint density at radius 3 is 2.15 bits per heavy atom. The summed E-state index contributed by atoms with van der Waals surface area (Å²) in [6, 6.07) is 0. The topological polar surface area (TPSA) is 37.3 Å². The predicted molar refractivity (Wildman–Crippen MR) is 84.9 cm³/mol. The van der Waals surface area contributed by atoms with E-state index in [4.69, 9.17) is 0 Å². The van der Waals surface area contributed by atoms with Crippen LogP contribution in [-0.4, -0.2) is 11.1 Å². The summed E-state index contributed by atoms with van der Waals surface area (Å²) in [5.41, 5.74) is -0.393. The highest BCUT2D eigenvalue weighted by Gasteiger charge is 2.41. The highest BCUT2D eigenvalue weighted by molar-refractivity contribution is 5.74. The van der Waals surface area contributed by atoms with Gasteiger partial charge in [0.2, 0.25) is 0 Å². The molecule has 0 unspecified atom stereocenters. The monoisotopic (exact) mass is 282 g/mol. The molecule has 20 heavy (non-hydrogen) atoms. The fourth-order valence-electron chi connectivity index (χ4n) is 3.67. The Bertz CT molecular complexity index is 275. The minimum atomic E-state index is -0.534. The fraction of sp³-hybridized carbons (Fsp3) is 0.944. The second kappa shape index (κ2) is 8.69. The second-order valence-electron chi connectivity index (χ2n) is 7.18. The molecule has 0 bridgehead atoms. The Morgan fingerprint density at radius 2 is 1.65 bits per heavy atom. The van der Waals surface area contributed by atoms with Crippen molar-refractivity contribution in [2.24, 2.45) is 17.3 Å². The average Bonchev–Trinajstić information content (AvgIpc) is 2.43. The van der Waals surface area contributed by atoms with Gasteiger partial charge in [0.25, 0.3) is 0 Å². The van der Waals surface area contributed by atoms with Crippen LogP contribution in [0.5, 0.6) is 0 Å². The molecule has 2 nitrogen and oxygen atoms in total. The molecule has 2 heteroatoms. The van der Waals surface area contributed by atoms with Gasteiger partial charge in [-0.1, -0.05) is 59.3 Å². The summed E-state index contributed by atoms with van der Waals surface area (Å²) in [6.07, 6.45) is 12.4. The zero-order valence-electron chi connectivity index (χ0n) is 13.8. The van der Waals surface area contributed by atoms with E-state index in [1.807, 2.05) is 0 Å². The highest BCUT2D eigenvalue weighted by atomic mass is 16.4. The van der Waals surface area contributed by atoms with E-state index in [1.54, 1.807) is 0 Å². The van der Waals surface area contributed by atoms with Crippen molar-refractivity contribution in [2.75, 3.05) is 0 Å². The van der Waals surface area contributed by atoms with Gasteiger partial charge in [-0.3, -0.25) is 4.79 Å². The molecule has 1 fully saturated rings. The number of aliphatic carboxylic acids is 1.